The molecule has 0 aliphatic rings. The van der Waals surface area contributed by atoms with E-state index >= 15 is 0 Å². The molecule has 0 bridgehead atoms. The van der Waals surface area contributed by atoms with Crippen LogP contribution in [-0.4, -0.2) is 36.3 Å². The SMILES string of the molecule is CN(C)C(=O)c1ccccc1C=NN=C(N)SCc1ccccc1. The first-order valence-corrected chi connectivity index (χ1v) is 8.40. The molecule has 124 valence electrons. The monoisotopic (exact) mass is 340 g/mol. The van der Waals surface area contributed by atoms with Crippen LogP contribution >= 0.6 is 11.8 Å². The fraction of sp³-hybridized carbons (Fsp3) is 0.167. The summed E-state index contributed by atoms with van der Waals surface area (Å²) in [6.45, 7) is 0. The van der Waals surface area contributed by atoms with E-state index in [1.807, 2.05) is 48.5 Å². The van der Waals surface area contributed by atoms with Crippen molar-refractivity contribution in [2.75, 3.05) is 14.1 Å². The molecule has 0 fully saturated rings. The second-order valence-electron chi connectivity index (χ2n) is 5.24. The molecule has 2 aromatic rings. The summed E-state index contributed by atoms with van der Waals surface area (Å²) in [6.07, 6.45) is 1.55. The molecular formula is C18H20N4OS. The summed E-state index contributed by atoms with van der Waals surface area (Å²) in [6, 6.07) is 17.3. The van der Waals surface area contributed by atoms with Crippen molar-refractivity contribution in [2.24, 2.45) is 15.9 Å². The molecule has 24 heavy (non-hydrogen) atoms. The van der Waals surface area contributed by atoms with Crippen LogP contribution in [-0.2, 0) is 5.75 Å². The zero-order valence-corrected chi connectivity index (χ0v) is 14.5. The average Bonchev–Trinajstić information content (AvgIpc) is 2.60. The number of amides is 1. The van der Waals surface area contributed by atoms with Crippen LogP contribution in [0.25, 0.3) is 0 Å². The molecule has 0 heterocycles. The lowest BCUT2D eigenvalue weighted by Gasteiger charge is -2.11. The highest BCUT2D eigenvalue weighted by Crippen LogP contribution is 2.12. The number of amidine groups is 1. The number of benzene rings is 2. The van der Waals surface area contributed by atoms with Gasteiger partial charge in [-0.1, -0.05) is 60.3 Å². The first-order valence-electron chi connectivity index (χ1n) is 7.42. The number of hydrogen-bond acceptors (Lipinski definition) is 4. The van der Waals surface area contributed by atoms with E-state index in [0.29, 0.717) is 16.3 Å². The third-order valence-corrected chi connectivity index (χ3v) is 4.04. The molecule has 6 heteroatoms. The van der Waals surface area contributed by atoms with E-state index in [1.165, 1.54) is 22.2 Å². The molecule has 0 atom stereocenters. The van der Waals surface area contributed by atoms with Gasteiger partial charge in [0.2, 0.25) is 0 Å². The van der Waals surface area contributed by atoms with E-state index in [1.54, 1.807) is 26.4 Å². The highest BCUT2D eigenvalue weighted by molar-refractivity contribution is 8.13. The van der Waals surface area contributed by atoms with Crippen LogP contribution in [0.15, 0.2) is 64.8 Å². The first kappa shape index (κ1) is 17.7. The third-order valence-electron chi connectivity index (χ3n) is 3.18. The van der Waals surface area contributed by atoms with Crippen LogP contribution in [0.1, 0.15) is 21.5 Å². The van der Waals surface area contributed by atoms with Gasteiger partial charge >= 0.3 is 0 Å². The predicted octanol–water partition coefficient (Wildman–Crippen LogP) is 2.97. The number of nitrogens with two attached hydrogens (primary N) is 1. The Morgan fingerprint density at radius 3 is 2.50 bits per heavy atom. The van der Waals surface area contributed by atoms with Gasteiger partial charge in [0.05, 0.1) is 6.21 Å². The van der Waals surface area contributed by atoms with Crippen molar-refractivity contribution in [3.8, 4) is 0 Å². The number of nitrogens with zero attached hydrogens (tertiary/aromatic N) is 3. The fourth-order valence-corrected chi connectivity index (χ4v) is 2.57. The van der Waals surface area contributed by atoms with Crippen LogP contribution in [0.3, 0.4) is 0 Å². The van der Waals surface area contributed by atoms with Gasteiger partial charge in [-0.25, -0.2) is 0 Å². The number of carbonyl (C=O) groups is 1. The van der Waals surface area contributed by atoms with Gasteiger partial charge in [0.1, 0.15) is 0 Å². The minimum Gasteiger partial charge on any atom is -0.377 e. The molecule has 0 radical (unpaired) electrons. The molecule has 0 saturated carbocycles. The Bertz CT molecular complexity index is 742. The predicted molar refractivity (Wildman–Crippen MR) is 101 cm³/mol. The van der Waals surface area contributed by atoms with Gasteiger partial charge in [0.15, 0.2) is 5.17 Å². The number of thioether (sulfide) groups is 1. The minimum atomic E-state index is -0.0764. The molecule has 2 rings (SSSR count). The number of carbonyl (C=O) groups excluding carboxylic acids is 1. The van der Waals surface area contributed by atoms with Crippen molar-refractivity contribution < 1.29 is 4.79 Å². The van der Waals surface area contributed by atoms with Crippen molar-refractivity contribution >= 4 is 29.1 Å². The molecule has 0 unspecified atom stereocenters. The summed E-state index contributed by atoms with van der Waals surface area (Å²) in [5.74, 6) is 0.661. The van der Waals surface area contributed by atoms with E-state index in [2.05, 4.69) is 10.2 Å². The van der Waals surface area contributed by atoms with Crippen LogP contribution in [0.2, 0.25) is 0 Å². The van der Waals surface area contributed by atoms with Crippen molar-refractivity contribution in [3.05, 3.63) is 71.3 Å². The maximum absolute atomic E-state index is 12.1. The van der Waals surface area contributed by atoms with Crippen molar-refractivity contribution in [1.82, 2.24) is 4.90 Å². The van der Waals surface area contributed by atoms with Gasteiger partial charge in [0.25, 0.3) is 5.91 Å². The second kappa shape index (κ2) is 8.88. The third kappa shape index (κ3) is 5.24. The van der Waals surface area contributed by atoms with E-state index in [0.717, 1.165) is 5.75 Å². The lowest BCUT2D eigenvalue weighted by atomic mass is 10.1. The Kier molecular flexibility index (Phi) is 6.57. The Balaban J connectivity index is 2.01. The molecule has 0 spiro atoms. The summed E-state index contributed by atoms with van der Waals surface area (Å²) in [4.78, 5) is 13.6. The van der Waals surface area contributed by atoms with Crippen molar-refractivity contribution in [1.29, 1.82) is 0 Å². The molecule has 0 aliphatic heterocycles. The Labute approximate surface area is 146 Å². The van der Waals surface area contributed by atoms with Crippen molar-refractivity contribution in [3.63, 3.8) is 0 Å². The molecular weight excluding hydrogens is 320 g/mol. The number of rotatable bonds is 5. The Morgan fingerprint density at radius 1 is 1.12 bits per heavy atom. The summed E-state index contributed by atoms with van der Waals surface area (Å²) >= 11 is 1.42. The smallest absolute Gasteiger partial charge is 0.254 e. The molecule has 1 amide bonds. The Morgan fingerprint density at radius 2 is 1.79 bits per heavy atom. The normalized spacial score (nSPS) is 11.7. The van der Waals surface area contributed by atoms with Crippen LogP contribution in [0, 0.1) is 0 Å². The lowest BCUT2D eigenvalue weighted by molar-refractivity contribution is 0.0827. The first-order chi connectivity index (χ1) is 11.6. The summed E-state index contributed by atoms with van der Waals surface area (Å²) in [7, 11) is 3.43. The van der Waals surface area contributed by atoms with Gasteiger partial charge in [-0.15, -0.1) is 5.10 Å². The maximum Gasteiger partial charge on any atom is 0.254 e. The Hall–Kier alpha value is -2.60. The largest absolute Gasteiger partial charge is 0.377 e. The fourth-order valence-electron chi connectivity index (χ4n) is 1.95. The molecule has 2 aromatic carbocycles. The molecule has 0 aliphatic carbocycles. The van der Waals surface area contributed by atoms with Gasteiger partial charge in [-0.2, -0.15) is 5.10 Å². The average molecular weight is 340 g/mol. The van der Waals surface area contributed by atoms with Crippen LogP contribution < -0.4 is 5.73 Å². The van der Waals surface area contributed by atoms with Crippen LogP contribution in [0.5, 0.6) is 0 Å². The molecule has 0 saturated heterocycles. The van der Waals surface area contributed by atoms with Gasteiger partial charge in [-0.05, 0) is 11.6 Å². The highest BCUT2D eigenvalue weighted by Gasteiger charge is 2.11. The van der Waals surface area contributed by atoms with E-state index < -0.39 is 0 Å². The maximum atomic E-state index is 12.1. The van der Waals surface area contributed by atoms with Gasteiger partial charge in [-0.3, -0.25) is 4.79 Å². The lowest BCUT2D eigenvalue weighted by Crippen LogP contribution is -2.22. The minimum absolute atomic E-state index is 0.0764. The highest BCUT2D eigenvalue weighted by atomic mass is 32.2. The summed E-state index contributed by atoms with van der Waals surface area (Å²) in [5, 5.41) is 8.37. The zero-order chi connectivity index (χ0) is 17.4. The van der Waals surface area contributed by atoms with E-state index in [9.17, 15) is 4.79 Å². The summed E-state index contributed by atoms with van der Waals surface area (Å²) in [5.41, 5.74) is 8.32. The summed E-state index contributed by atoms with van der Waals surface area (Å²) < 4.78 is 0. The van der Waals surface area contributed by atoms with Crippen LogP contribution in [0.4, 0.5) is 0 Å². The number of hydrogen-bond donors (Lipinski definition) is 1. The van der Waals surface area contributed by atoms with Gasteiger partial charge < -0.3 is 10.6 Å². The molecule has 2 N–H and O–H groups in total. The second-order valence-corrected chi connectivity index (χ2v) is 6.24. The topological polar surface area (TPSA) is 71.0 Å². The molecule has 5 nitrogen and oxygen atoms in total. The quantitative estimate of drug-likeness (QED) is 0.517. The molecule has 0 aromatic heterocycles. The van der Waals surface area contributed by atoms with Crippen molar-refractivity contribution in [2.45, 2.75) is 5.75 Å². The standard InChI is InChI=1S/C18H20N4OS/c1-22(2)17(23)16-11-7-6-10-15(16)12-20-21-18(19)24-13-14-8-4-3-5-9-14/h3-12H,13H2,1-2H3,(H2,19,21). The van der Waals surface area contributed by atoms with Gasteiger partial charge in [0, 0.05) is 31.0 Å². The van der Waals surface area contributed by atoms with E-state index in [4.69, 9.17) is 5.73 Å². The van der Waals surface area contributed by atoms with E-state index in [-0.39, 0.29) is 5.91 Å². The zero-order valence-electron chi connectivity index (χ0n) is 13.7.